The highest BCUT2D eigenvalue weighted by Gasteiger charge is 1.98. The molecule has 0 fully saturated rings. The number of carbonyl (C=O) groups is 1. The SMILES string of the molecule is O=C(CCCO)NCCSCCCO. The van der Waals surface area contributed by atoms with Crippen molar-refractivity contribution >= 4 is 17.7 Å². The van der Waals surface area contributed by atoms with E-state index >= 15 is 0 Å². The van der Waals surface area contributed by atoms with Crippen LogP contribution in [0, 0.1) is 0 Å². The van der Waals surface area contributed by atoms with Crippen LogP contribution in [0.3, 0.4) is 0 Å². The summed E-state index contributed by atoms with van der Waals surface area (Å²) < 4.78 is 0. The monoisotopic (exact) mass is 221 g/mol. The lowest BCUT2D eigenvalue weighted by Gasteiger charge is -2.03. The van der Waals surface area contributed by atoms with Crippen molar-refractivity contribution in [3.63, 3.8) is 0 Å². The van der Waals surface area contributed by atoms with Crippen molar-refractivity contribution in [2.24, 2.45) is 0 Å². The van der Waals surface area contributed by atoms with Gasteiger partial charge in [-0.1, -0.05) is 0 Å². The summed E-state index contributed by atoms with van der Waals surface area (Å²) in [7, 11) is 0. The summed E-state index contributed by atoms with van der Waals surface area (Å²) >= 11 is 1.72. The molecule has 0 rings (SSSR count). The van der Waals surface area contributed by atoms with E-state index in [4.69, 9.17) is 10.2 Å². The van der Waals surface area contributed by atoms with Crippen LogP contribution < -0.4 is 5.32 Å². The summed E-state index contributed by atoms with van der Waals surface area (Å²) in [4.78, 5) is 11.0. The zero-order chi connectivity index (χ0) is 10.6. The van der Waals surface area contributed by atoms with Gasteiger partial charge in [-0.3, -0.25) is 4.79 Å². The van der Waals surface area contributed by atoms with Crippen LogP contribution in [0.15, 0.2) is 0 Å². The fourth-order valence-electron chi connectivity index (χ4n) is 0.859. The van der Waals surface area contributed by atoms with Crippen molar-refractivity contribution in [1.82, 2.24) is 5.32 Å². The molecule has 0 saturated heterocycles. The van der Waals surface area contributed by atoms with Crippen LogP contribution in [0.5, 0.6) is 0 Å². The van der Waals surface area contributed by atoms with Crippen molar-refractivity contribution in [2.75, 3.05) is 31.3 Å². The van der Waals surface area contributed by atoms with Crippen LogP contribution in [0.1, 0.15) is 19.3 Å². The quantitative estimate of drug-likeness (QED) is 0.479. The lowest BCUT2D eigenvalue weighted by molar-refractivity contribution is -0.121. The number of rotatable bonds is 9. The van der Waals surface area contributed by atoms with Gasteiger partial charge in [0.2, 0.25) is 5.91 Å². The first-order valence-corrected chi connectivity index (χ1v) is 6.03. The highest BCUT2D eigenvalue weighted by Crippen LogP contribution is 2.00. The van der Waals surface area contributed by atoms with Gasteiger partial charge in [-0.25, -0.2) is 0 Å². The minimum Gasteiger partial charge on any atom is -0.396 e. The first-order chi connectivity index (χ1) is 6.81. The van der Waals surface area contributed by atoms with Crippen LogP contribution in [0.4, 0.5) is 0 Å². The van der Waals surface area contributed by atoms with Gasteiger partial charge in [-0.2, -0.15) is 11.8 Å². The third-order valence-electron chi connectivity index (χ3n) is 1.58. The molecule has 0 bridgehead atoms. The molecule has 0 aliphatic heterocycles. The van der Waals surface area contributed by atoms with E-state index in [1.165, 1.54) is 0 Å². The molecule has 0 aromatic heterocycles. The molecule has 4 nitrogen and oxygen atoms in total. The first-order valence-electron chi connectivity index (χ1n) is 4.87. The Kier molecular flexibility index (Phi) is 10.6. The second kappa shape index (κ2) is 10.8. The maximum absolute atomic E-state index is 11.0. The summed E-state index contributed by atoms with van der Waals surface area (Å²) in [6.45, 7) is 0.967. The van der Waals surface area contributed by atoms with Gasteiger partial charge >= 0.3 is 0 Å². The standard InChI is InChI=1S/C9H19NO3S/c11-5-1-3-9(13)10-4-8-14-7-2-6-12/h11-12H,1-8H2,(H,10,13). The molecule has 1 amide bonds. The second-order valence-electron chi connectivity index (χ2n) is 2.87. The normalized spacial score (nSPS) is 10.1. The van der Waals surface area contributed by atoms with E-state index in [0.717, 1.165) is 17.9 Å². The van der Waals surface area contributed by atoms with E-state index in [1.807, 2.05) is 0 Å². The van der Waals surface area contributed by atoms with E-state index in [2.05, 4.69) is 5.32 Å². The van der Waals surface area contributed by atoms with Gasteiger partial charge < -0.3 is 15.5 Å². The molecule has 0 aromatic carbocycles. The van der Waals surface area contributed by atoms with Gasteiger partial charge in [0.25, 0.3) is 0 Å². The van der Waals surface area contributed by atoms with Gasteiger partial charge in [0.05, 0.1) is 0 Å². The molecule has 3 N–H and O–H groups in total. The Balaban J connectivity index is 3.07. The molecule has 84 valence electrons. The van der Waals surface area contributed by atoms with Crippen molar-refractivity contribution in [3.05, 3.63) is 0 Å². The largest absolute Gasteiger partial charge is 0.396 e. The highest BCUT2D eigenvalue weighted by atomic mass is 32.2. The molecule has 0 aliphatic carbocycles. The van der Waals surface area contributed by atoms with Crippen LogP contribution in [-0.2, 0) is 4.79 Å². The second-order valence-corrected chi connectivity index (χ2v) is 4.09. The number of amides is 1. The van der Waals surface area contributed by atoms with Crippen molar-refractivity contribution in [2.45, 2.75) is 19.3 Å². The van der Waals surface area contributed by atoms with E-state index in [0.29, 0.717) is 19.4 Å². The lowest BCUT2D eigenvalue weighted by atomic mass is 10.3. The number of thioether (sulfide) groups is 1. The summed E-state index contributed by atoms with van der Waals surface area (Å²) in [5.74, 6) is 1.82. The molecule has 0 aromatic rings. The summed E-state index contributed by atoms with van der Waals surface area (Å²) in [5.41, 5.74) is 0. The molecule has 5 heteroatoms. The van der Waals surface area contributed by atoms with Crippen molar-refractivity contribution < 1.29 is 15.0 Å². The third-order valence-corrected chi connectivity index (χ3v) is 2.65. The van der Waals surface area contributed by atoms with Crippen LogP contribution in [0.25, 0.3) is 0 Å². The predicted octanol–water partition coefficient (Wildman–Crippen LogP) is -0.00930. The van der Waals surface area contributed by atoms with Crippen LogP contribution in [-0.4, -0.2) is 47.4 Å². The molecular weight excluding hydrogens is 202 g/mol. The Morgan fingerprint density at radius 3 is 2.50 bits per heavy atom. The molecule has 0 radical (unpaired) electrons. The predicted molar refractivity (Wildman–Crippen MR) is 58.4 cm³/mol. The minimum atomic E-state index is 0.00167. The molecule has 14 heavy (non-hydrogen) atoms. The maximum atomic E-state index is 11.0. The Morgan fingerprint density at radius 2 is 1.86 bits per heavy atom. The van der Waals surface area contributed by atoms with Gasteiger partial charge in [-0.15, -0.1) is 0 Å². The molecule has 0 spiro atoms. The average Bonchev–Trinajstić information content (AvgIpc) is 2.20. The minimum absolute atomic E-state index is 0.00167. The van der Waals surface area contributed by atoms with Crippen molar-refractivity contribution in [1.29, 1.82) is 0 Å². The molecule has 0 saturated carbocycles. The van der Waals surface area contributed by atoms with Gasteiger partial charge in [0.1, 0.15) is 0 Å². The Labute approximate surface area is 89.1 Å². The van der Waals surface area contributed by atoms with Crippen molar-refractivity contribution in [3.8, 4) is 0 Å². The summed E-state index contributed by atoms with van der Waals surface area (Å²) in [5, 5.41) is 19.7. The van der Waals surface area contributed by atoms with Gasteiger partial charge in [0, 0.05) is 31.9 Å². The van der Waals surface area contributed by atoms with E-state index in [9.17, 15) is 4.79 Å². The number of aliphatic hydroxyl groups is 2. The first kappa shape index (κ1) is 13.7. The van der Waals surface area contributed by atoms with Gasteiger partial charge in [0.15, 0.2) is 0 Å². The fraction of sp³-hybridized carbons (Fsp3) is 0.889. The highest BCUT2D eigenvalue weighted by molar-refractivity contribution is 7.99. The average molecular weight is 221 g/mol. The number of aliphatic hydroxyl groups excluding tert-OH is 2. The summed E-state index contributed by atoms with van der Waals surface area (Å²) in [6.07, 6.45) is 1.74. The third kappa shape index (κ3) is 9.83. The lowest BCUT2D eigenvalue weighted by Crippen LogP contribution is -2.25. The number of hydrogen-bond acceptors (Lipinski definition) is 4. The molecule has 0 aliphatic rings. The Bertz CT molecular complexity index is 144. The van der Waals surface area contributed by atoms with E-state index in [-0.39, 0.29) is 19.1 Å². The number of nitrogens with one attached hydrogen (secondary N) is 1. The van der Waals surface area contributed by atoms with Gasteiger partial charge in [-0.05, 0) is 18.6 Å². The number of carbonyl (C=O) groups excluding carboxylic acids is 1. The molecule has 0 heterocycles. The zero-order valence-corrected chi connectivity index (χ0v) is 9.18. The fourth-order valence-corrected chi connectivity index (χ4v) is 1.64. The molecular formula is C9H19NO3S. The maximum Gasteiger partial charge on any atom is 0.220 e. The van der Waals surface area contributed by atoms with E-state index in [1.54, 1.807) is 11.8 Å². The smallest absolute Gasteiger partial charge is 0.220 e. The van der Waals surface area contributed by atoms with Crippen LogP contribution in [0.2, 0.25) is 0 Å². The Morgan fingerprint density at radius 1 is 1.14 bits per heavy atom. The Hall–Kier alpha value is -0.260. The zero-order valence-electron chi connectivity index (χ0n) is 8.37. The van der Waals surface area contributed by atoms with E-state index < -0.39 is 0 Å². The molecule has 0 atom stereocenters. The van der Waals surface area contributed by atoms with Crippen LogP contribution >= 0.6 is 11.8 Å². The summed E-state index contributed by atoms with van der Waals surface area (Å²) in [6, 6.07) is 0. The number of hydrogen-bond donors (Lipinski definition) is 3. The molecule has 0 unspecified atom stereocenters. The topological polar surface area (TPSA) is 69.6 Å².